The highest BCUT2D eigenvalue weighted by molar-refractivity contribution is 6.04. The zero-order chi connectivity index (χ0) is 38.7. The largest absolute Gasteiger partial charge is 0.455 e. The van der Waals surface area contributed by atoms with E-state index in [4.69, 9.17) is 4.42 Å². The van der Waals surface area contributed by atoms with Crippen molar-refractivity contribution in [1.82, 2.24) is 0 Å². The number of hydrogen-bond donors (Lipinski definition) is 0. The molecule has 10 rings (SSSR count). The second kappa shape index (κ2) is 15.5. The third kappa shape index (κ3) is 6.78. The monoisotopic (exact) mass is 741 g/mol. The lowest BCUT2D eigenvalue weighted by Crippen LogP contribution is -2.11. The molecule has 0 unspecified atom stereocenters. The molecule has 0 N–H and O–H groups in total. The Labute approximate surface area is 339 Å². The van der Waals surface area contributed by atoms with Crippen molar-refractivity contribution in [3.05, 3.63) is 237 Å². The Morgan fingerprint density at radius 2 is 0.621 bits per heavy atom. The van der Waals surface area contributed by atoms with E-state index in [2.05, 4.69) is 235 Å². The molecule has 10 aromatic rings. The minimum Gasteiger partial charge on any atom is -0.455 e. The highest BCUT2D eigenvalue weighted by Gasteiger charge is 2.24. The summed E-state index contributed by atoms with van der Waals surface area (Å²) in [5.41, 5.74) is 16.7. The van der Waals surface area contributed by atoms with Gasteiger partial charge in [0.15, 0.2) is 0 Å². The van der Waals surface area contributed by atoms with Gasteiger partial charge >= 0.3 is 0 Å². The lowest BCUT2D eigenvalue weighted by atomic mass is 9.96. The van der Waals surface area contributed by atoms with Gasteiger partial charge in [-0.15, -0.1) is 0 Å². The predicted octanol–water partition coefficient (Wildman–Crippen LogP) is 15.9. The van der Waals surface area contributed by atoms with E-state index >= 15 is 0 Å². The van der Waals surface area contributed by atoms with E-state index in [0.717, 1.165) is 61.6 Å². The second-order valence-electron chi connectivity index (χ2n) is 14.5. The fourth-order valence-corrected chi connectivity index (χ4v) is 7.99. The van der Waals surface area contributed by atoms with Crippen LogP contribution in [0.3, 0.4) is 0 Å². The van der Waals surface area contributed by atoms with Gasteiger partial charge in [0.05, 0.1) is 5.69 Å². The summed E-state index contributed by atoms with van der Waals surface area (Å²) in [7, 11) is 0. The average molecular weight is 742 g/mol. The molecule has 0 fully saturated rings. The van der Waals surface area contributed by atoms with Crippen LogP contribution in [0.1, 0.15) is 0 Å². The normalized spacial score (nSPS) is 11.1. The highest BCUT2D eigenvalue weighted by atomic mass is 16.3. The van der Waals surface area contributed by atoms with E-state index in [1.54, 1.807) is 0 Å². The molecule has 2 nitrogen and oxygen atoms in total. The van der Waals surface area contributed by atoms with Crippen LogP contribution < -0.4 is 4.90 Å². The molecule has 0 aliphatic rings. The number of hydrogen-bond acceptors (Lipinski definition) is 2. The van der Waals surface area contributed by atoms with Crippen LogP contribution in [-0.4, -0.2) is 0 Å². The molecule has 274 valence electrons. The van der Waals surface area contributed by atoms with Crippen molar-refractivity contribution >= 4 is 28.0 Å². The summed E-state index contributed by atoms with van der Waals surface area (Å²) in [6, 6.07) is 84.0. The number of para-hydroxylation sites is 2. The number of furan rings is 1. The maximum Gasteiger partial charge on any atom is 0.145 e. The van der Waals surface area contributed by atoms with E-state index in [9.17, 15) is 0 Å². The molecule has 0 aliphatic heterocycles. The maximum atomic E-state index is 6.81. The molecule has 58 heavy (non-hydrogen) atoms. The molecule has 0 radical (unpaired) electrons. The Hall–Kier alpha value is -7.68. The molecule has 0 saturated carbocycles. The van der Waals surface area contributed by atoms with Crippen molar-refractivity contribution in [2.45, 2.75) is 0 Å². The summed E-state index contributed by atoms with van der Waals surface area (Å²) in [6.07, 6.45) is 0. The Balaban J connectivity index is 1.07. The van der Waals surface area contributed by atoms with Crippen LogP contribution >= 0.6 is 0 Å². The first-order valence-electron chi connectivity index (χ1n) is 19.8. The molecule has 0 saturated heterocycles. The number of fused-ring (bicyclic) bond motifs is 1. The van der Waals surface area contributed by atoms with Crippen molar-refractivity contribution in [3.8, 4) is 67.0 Å². The first kappa shape index (κ1) is 34.8. The van der Waals surface area contributed by atoms with E-state index in [1.165, 1.54) is 33.4 Å². The van der Waals surface area contributed by atoms with Crippen molar-refractivity contribution in [1.29, 1.82) is 0 Å². The molecule has 0 amide bonds. The standard InChI is InChI=1S/C56H39NO/c1-4-14-40(15-5-1)42-24-28-44(29-25-42)46-32-36-49(37-33-46)57(50-38-34-47(35-39-50)45-30-26-43(27-31-45)41-16-6-2-7-17-41)53-22-12-10-20-51(53)56-55(48-18-8-3-9-19-48)52-21-11-13-23-54(52)58-56/h1-39H. The summed E-state index contributed by atoms with van der Waals surface area (Å²) in [5.74, 6) is 0.846. The molecular weight excluding hydrogens is 703 g/mol. The summed E-state index contributed by atoms with van der Waals surface area (Å²) < 4.78 is 6.81. The van der Waals surface area contributed by atoms with Crippen LogP contribution in [0.5, 0.6) is 0 Å². The molecule has 9 aromatic carbocycles. The van der Waals surface area contributed by atoms with Crippen LogP contribution in [0.2, 0.25) is 0 Å². The summed E-state index contributed by atoms with van der Waals surface area (Å²) in [4.78, 5) is 2.35. The molecule has 0 spiro atoms. The first-order valence-corrected chi connectivity index (χ1v) is 19.8. The van der Waals surface area contributed by atoms with Crippen LogP contribution in [0, 0.1) is 0 Å². The van der Waals surface area contributed by atoms with Gasteiger partial charge in [0, 0.05) is 27.9 Å². The van der Waals surface area contributed by atoms with Gasteiger partial charge in [-0.3, -0.25) is 0 Å². The Kier molecular flexibility index (Phi) is 9.27. The molecule has 2 heteroatoms. The van der Waals surface area contributed by atoms with E-state index in [-0.39, 0.29) is 0 Å². The van der Waals surface area contributed by atoms with Crippen molar-refractivity contribution < 1.29 is 4.42 Å². The van der Waals surface area contributed by atoms with Gasteiger partial charge in [0.2, 0.25) is 0 Å². The Morgan fingerprint density at radius 3 is 1.09 bits per heavy atom. The number of anilines is 3. The zero-order valence-corrected chi connectivity index (χ0v) is 31.9. The quantitative estimate of drug-likeness (QED) is 0.146. The third-order valence-corrected chi connectivity index (χ3v) is 10.9. The van der Waals surface area contributed by atoms with Gasteiger partial charge < -0.3 is 9.32 Å². The van der Waals surface area contributed by atoms with Gasteiger partial charge in [0.1, 0.15) is 11.3 Å². The van der Waals surface area contributed by atoms with Gasteiger partial charge in [-0.1, -0.05) is 194 Å². The molecular formula is C56H39NO. The third-order valence-electron chi connectivity index (χ3n) is 10.9. The van der Waals surface area contributed by atoms with Crippen molar-refractivity contribution in [2.24, 2.45) is 0 Å². The molecule has 0 aliphatic carbocycles. The van der Waals surface area contributed by atoms with Crippen molar-refractivity contribution in [3.63, 3.8) is 0 Å². The Morgan fingerprint density at radius 1 is 0.276 bits per heavy atom. The smallest absolute Gasteiger partial charge is 0.145 e. The predicted molar refractivity (Wildman–Crippen MR) is 244 cm³/mol. The second-order valence-corrected chi connectivity index (χ2v) is 14.5. The lowest BCUT2D eigenvalue weighted by Gasteiger charge is -2.28. The maximum absolute atomic E-state index is 6.81. The van der Waals surface area contributed by atoms with Gasteiger partial charge in [-0.2, -0.15) is 0 Å². The molecule has 0 bridgehead atoms. The fraction of sp³-hybridized carbons (Fsp3) is 0. The lowest BCUT2D eigenvalue weighted by molar-refractivity contribution is 0.632. The summed E-state index contributed by atoms with van der Waals surface area (Å²) >= 11 is 0. The highest BCUT2D eigenvalue weighted by Crippen LogP contribution is 2.47. The zero-order valence-electron chi connectivity index (χ0n) is 31.9. The minimum absolute atomic E-state index is 0.846. The van der Waals surface area contributed by atoms with Crippen molar-refractivity contribution in [2.75, 3.05) is 4.90 Å². The average Bonchev–Trinajstić information content (AvgIpc) is 3.70. The molecule has 1 aromatic heterocycles. The SMILES string of the molecule is c1ccc(-c2ccc(-c3ccc(N(c4ccc(-c5ccc(-c6ccccc6)cc5)cc4)c4ccccc4-c4oc5ccccc5c4-c4ccccc4)cc3)cc2)cc1. The van der Waals surface area contributed by atoms with Gasteiger partial charge in [0.25, 0.3) is 0 Å². The fourth-order valence-electron chi connectivity index (χ4n) is 7.99. The first-order chi connectivity index (χ1) is 28.8. The molecule has 1 heterocycles. The van der Waals surface area contributed by atoms with Crippen LogP contribution in [0.15, 0.2) is 241 Å². The Bertz CT molecular complexity index is 2810. The summed E-state index contributed by atoms with van der Waals surface area (Å²) in [5, 5.41) is 1.09. The van der Waals surface area contributed by atoms with E-state index in [0.29, 0.717) is 0 Å². The van der Waals surface area contributed by atoms with Gasteiger partial charge in [-0.25, -0.2) is 0 Å². The number of nitrogens with zero attached hydrogens (tertiary/aromatic N) is 1. The molecule has 0 atom stereocenters. The van der Waals surface area contributed by atoms with E-state index < -0.39 is 0 Å². The van der Waals surface area contributed by atoms with E-state index in [1.807, 2.05) is 6.07 Å². The van der Waals surface area contributed by atoms with Crippen LogP contribution in [-0.2, 0) is 0 Å². The topological polar surface area (TPSA) is 16.4 Å². The van der Waals surface area contributed by atoms with Crippen LogP contribution in [0.25, 0.3) is 77.9 Å². The van der Waals surface area contributed by atoms with Gasteiger partial charge in [-0.05, 0) is 92.5 Å². The number of benzene rings is 9. The summed E-state index contributed by atoms with van der Waals surface area (Å²) in [6.45, 7) is 0. The minimum atomic E-state index is 0.846. The van der Waals surface area contributed by atoms with Crippen LogP contribution in [0.4, 0.5) is 17.1 Å². The number of rotatable bonds is 9.